The van der Waals surface area contributed by atoms with Crippen molar-refractivity contribution in [3.63, 3.8) is 0 Å². The Labute approximate surface area is 174 Å². The van der Waals surface area contributed by atoms with Crippen LogP contribution >= 0.6 is 0 Å². The van der Waals surface area contributed by atoms with E-state index >= 15 is 0 Å². The lowest BCUT2D eigenvalue weighted by atomic mass is 9.97. The molecule has 5 nitrogen and oxygen atoms in total. The van der Waals surface area contributed by atoms with Crippen molar-refractivity contribution in [2.24, 2.45) is 0 Å². The summed E-state index contributed by atoms with van der Waals surface area (Å²) in [5, 5.41) is 4.79. The van der Waals surface area contributed by atoms with Crippen LogP contribution in [0, 0.1) is 5.82 Å². The van der Waals surface area contributed by atoms with Crippen molar-refractivity contribution in [1.82, 2.24) is 0 Å². The van der Waals surface area contributed by atoms with Crippen LogP contribution in [0.2, 0.25) is 0 Å². The highest BCUT2D eigenvalue weighted by atomic mass is 19.1. The van der Waals surface area contributed by atoms with Gasteiger partial charge in [-0.1, -0.05) is 43.3 Å². The van der Waals surface area contributed by atoms with Gasteiger partial charge in [-0.2, -0.15) is 0 Å². The lowest BCUT2D eigenvalue weighted by Crippen LogP contribution is -2.87. The number of hydrogen-bond donors (Lipinski definition) is 2. The molecule has 0 spiro atoms. The molecule has 1 atom stereocenters. The smallest absolute Gasteiger partial charge is 0.279 e. The Morgan fingerprint density at radius 3 is 2.60 bits per heavy atom. The Hall–Kier alpha value is -3.38. The molecule has 3 aromatic carbocycles. The molecule has 4 rings (SSSR count). The van der Waals surface area contributed by atoms with Gasteiger partial charge in [0.25, 0.3) is 5.91 Å². The molecule has 1 aliphatic rings. The minimum Gasteiger partial charge on any atom is -0.454 e. The molecule has 3 N–H and O–H groups in total. The van der Waals surface area contributed by atoms with E-state index in [0.29, 0.717) is 17.2 Å². The summed E-state index contributed by atoms with van der Waals surface area (Å²) in [6, 6.07) is 19.9. The fourth-order valence-corrected chi connectivity index (χ4v) is 3.54. The number of amides is 1. The number of fused-ring (bicyclic) bond motifs is 1. The second-order valence-electron chi connectivity index (χ2n) is 7.18. The van der Waals surface area contributed by atoms with Gasteiger partial charge < -0.3 is 20.1 Å². The summed E-state index contributed by atoms with van der Waals surface area (Å²) in [4.78, 5) is 12.6. The fourth-order valence-electron chi connectivity index (χ4n) is 3.54. The van der Waals surface area contributed by atoms with E-state index in [1.54, 1.807) is 24.3 Å². The van der Waals surface area contributed by atoms with Crippen LogP contribution < -0.4 is 20.1 Å². The van der Waals surface area contributed by atoms with Gasteiger partial charge in [0, 0.05) is 22.9 Å². The predicted octanol–water partition coefficient (Wildman–Crippen LogP) is 3.41. The van der Waals surface area contributed by atoms with E-state index in [4.69, 9.17) is 9.47 Å². The van der Waals surface area contributed by atoms with E-state index in [1.807, 2.05) is 23.5 Å². The van der Waals surface area contributed by atoms with Crippen LogP contribution in [0.25, 0.3) is 0 Å². The average molecular weight is 407 g/mol. The first-order chi connectivity index (χ1) is 14.6. The van der Waals surface area contributed by atoms with E-state index < -0.39 is 0 Å². The minimum absolute atomic E-state index is 0.152. The SMILES string of the molecule is CCc1ccc([C@H]([NH2+]CC(=O)Nc2ccc3c(c2)OCO3)c2cccc(F)c2)cc1. The first-order valence-electron chi connectivity index (χ1n) is 9.99. The van der Waals surface area contributed by atoms with Crippen LogP contribution in [0.15, 0.2) is 66.7 Å². The third-order valence-corrected chi connectivity index (χ3v) is 5.15. The molecular formula is C24H24FN2O3+. The second-order valence-corrected chi connectivity index (χ2v) is 7.18. The van der Waals surface area contributed by atoms with E-state index in [1.165, 1.54) is 17.7 Å². The highest BCUT2D eigenvalue weighted by molar-refractivity contribution is 5.91. The van der Waals surface area contributed by atoms with E-state index in [2.05, 4.69) is 24.4 Å². The maximum atomic E-state index is 13.8. The summed E-state index contributed by atoms with van der Waals surface area (Å²) in [6.07, 6.45) is 0.951. The highest BCUT2D eigenvalue weighted by Gasteiger charge is 2.20. The van der Waals surface area contributed by atoms with Gasteiger partial charge in [0.2, 0.25) is 6.79 Å². The molecule has 6 heteroatoms. The summed E-state index contributed by atoms with van der Waals surface area (Å²) < 4.78 is 24.5. The van der Waals surface area contributed by atoms with E-state index in [-0.39, 0.29) is 31.1 Å². The monoisotopic (exact) mass is 407 g/mol. The van der Waals surface area contributed by atoms with Gasteiger partial charge in [-0.25, -0.2) is 4.39 Å². The highest BCUT2D eigenvalue weighted by Crippen LogP contribution is 2.34. The molecule has 1 amide bonds. The van der Waals surface area contributed by atoms with Crippen molar-refractivity contribution in [2.45, 2.75) is 19.4 Å². The van der Waals surface area contributed by atoms with Crippen molar-refractivity contribution in [3.8, 4) is 11.5 Å². The van der Waals surface area contributed by atoms with Gasteiger partial charge in [-0.05, 0) is 36.2 Å². The molecule has 0 radical (unpaired) electrons. The molecule has 0 aliphatic carbocycles. The van der Waals surface area contributed by atoms with Crippen LogP contribution in [0.5, 0.6) is 11.5 Å². The van der Waals surface area contributed by atoms with Gasteiger partial charge in [-0.15, -0.1) is 0 Å². The number of carbonyl (C=O) groups is 1. The number of carbonyl (C=O) groups excluding carboxylic acids is 1. The molecule has 3 aromatic rings. The van der Waals surface area contributed by atoms with Crippen LogP contribution in [-0.2, 0) is 11.2 Å². The molecule has 0 unspecified atom stereocenters. The first kappa shape index (κ1) is 19.9. The number of hydrogen-bond acceptors (Lipinski definition) is 3. The third-order valence-electron chi connectivity index (χ3n) is 5.15. The molecule has 0 aromatic heterocycles. The summed E-state index contributed by atoms with van der Waals surface area (Å²) >= 11 is 0. The number of nitrogens with one attached hydrogen (secondary N) is 1. The van der Waals surface area contributed by atoms with Crippen LogP contribution in [0.1, 0.15) is 29.7 Å². The number of quaternary nitrogens is 1. The van der Waals surface area contributed by atoms with Gasteiger partial charge in [0.05, 0.1) is 0 Å². The van der Waals surface area contributed by atoms with Crippen LogP contribution in [0.4, 0.5) is 10.1 Å². The molecule has 30 heavy (non-hydrogen) atoms. The van der Waals surface area contributed by atoms with Crippen LogP contribution in [-0.4, -0.2) is 19.2 Å². The molecule has 154 valence electrons. The molecular weight excluding hydrogens is 383 g/mol. The minimum atomic E-state index is -0.291. The number of nitrogens with two attached hydrogens (primary N) is 1. The topological polar surface area (TPSA) is 64.2 Å². The van der Waals surface area contributed by atoms with Gasteiger partial charge in [0.1, 0.15) is 11.9 Å². The van der Waals surface area contributed by atoms with Crippen molar-refractivity contribution in [1.29, 1.82) is 0 Å². The van der Waals surface area contributed by atoms with Crippen molar-refractivity contribution in [3.05, 3.63) is 89.2 Å². The fraction of sp³-hybridized carbons (Fsp3) is 0.208. The number of ether oxygens (including phenoxy) is 2. The number of benzene rings is 3. The molecule has 0 fully saturated rings. The maximum absolute atomic E-state index is 13.8. The number of aryl methyl sites for hydroxylation is 1. The Balaban J connectivity index is 1.47. The lowest BCUT2D eigenvalue weighted by molar-refractivity contribution is -0.676. The molecule has 0 bridgehead atoms. The van der Waals surface area contributed by atoms with Gasteiger partial charge in [-0.3, -0.25) is 4.79 Å². The third kappa shape index (κ3) is 4.60. The summed E-state index contributed by atoms with van der Waals surface area (Å²) in [5.74, 6) is 0.841. The van der Waals surface area contributed by atoms with Crippen LogP contribution in [0.3, 0.4) is 0 Å². The standard InChI is InChI=1S/C24H23FN2O3/c1-2-16-6-8-17(9-7-16)24(18-4-3-5-19(25)12-18)26-14-23(28)27-20-10-11-21-22(13-20)30-15-29-21/h3-13,24,26H,2,14-15H2,1H3,(H,27,28)/p+1/t24-/m0/s1. The Kier molecular flexibility index (Phi) is 5.95. The average Bonchev–Trinajstić information content (AvgIpc) is 3.22. The zero-order valence-electron chi connectivity index (χ0n) is 16.7. The summed E-state index contributed by atoms with van der Waals surface area (Å²) in [6.45, 7) is 2.48. The number of anilines is 1. The second kappa shape index (κ2) is 8.97. The summed E-state index contributed by atoms with van der Waals surface area (Å²) in [7, 11) is 0. The maximum Gasteiger partial charge on any atom is 0.279 e. The van der Waals surface area contributed by atoms with Crippen molar-refractivity contribution < 1.29 is 24.0 Å². The Bertz CT molecular complexity index is 1040. The molecule has 0 saturated heterocycles. The van der Waals surface area contributed by atoms with Crippen molar-refractivity contribution >= 4 is 11.6 Å². The normalized spacial score (nSPS) is 13.1. The number of halogens is 1. The Morgan fingerprint density at radius 2 is 1.83 bits per heavy atom. The lowest BCUT2D eigenvalue weighted by Gasteiger charge is -2.17. The summed E-state index contributed by atoms with van der Waals surface area (Å²) in [5.41, 5.74) is 3.72. The quantitative estimate of drug-likeness (QED) is 0.631. The first-order valence-corrected chi connectivity index (χ1v) is 9.99. The largest absolute Gasteiger partial charge is 0.454 e. The molecule has 0 saturated carbocycles. The predicted molar refractivity (Wildman–Crippen MR) is 112 cm³/mol. The Morgan fingerprint density at radius 1 is 1.03 bits per heavy atom. The zero-order chi connectivity index (χ0) is 20.9. The van der Waals surface area contributed by atoms with E-state index in [0.717, 1.165) is 17.5 Å². The molecule has 1 heterocycles. The van der Waals surface area contributed by atoms with E-state index in [9.17, 15) is 9.18 Å². The van der Waals surface area contributed by atoms with Crippen molar-refractivity contribution in [2.75, 3.05) is 18.7 Å². The van der Waals surface area contributed by atoms with Gasteiger partial charge >= 0.3 is 0 Å². The number of rotatable bonds is 7. The molecule has 1 aliphatic heterocycles. The zero-order valence-corrected chi connectivity index (χ0v) is 16.7. The van der Waals surface area contributed by atoms with Gasteiger partial charge in [0.15, 0.2) is 18.0 Å².